The second kappa shape index (κ2) is 5.22. The van der Waals surface area contributed by atoms with Gasteiger partial charge in [0.25, 0.3) is 0 Å². The molecule has 7 heteroatoms. The van der Waals surface area contributed by atoms with Gasteiger partial charge in [0.2, 0.25) is 11.8 Å². The zero-order chi connectivity index (χ0) is 14.3. The Bertz CT molecular complexity index is 579. The number of hydrogen-bond acceptors (Lipinski definition) is 3. The number of halogens is 2. The van der Waals surface area contributed by atoms with Crippen molar-refractivity contribution < 1.29 is 9.59 Å². The van der Waals surface area contributed by atoms with Crippen LogP contribution in [0.15, 0.2) is 12.3 Å². The molecule has 2 fully saturated rings. The van der Waals surface area contributed by atoms with Crippen LogP contribution in [-0.4, -0.2) is 45.7 Å². The fourth-order valence-corrected chi connectivity index (χ4v) is 3.18. The van der Waals surface area contributed by atoms with Crippen LogP contribution in [0.2, 0.25) is 10.2 Å². The monoisotopic (exact) mass is 313 g/mol. The maximum atomic E-state index is 12.4. The minimum Gasteiger partial charge on any atom is -0.329 e. The molecule has 3 heterocycles. The minimum absolute atomic E-state index is 0.00476. The van der Waals surface area contributed by atoms with Crippen LogP contribution in [0.25, 0.3) is 0 Å². The number of fused-ring (bicyclic) bond motifs is 1. The van der Waals surface area contributed by atoms with Crippen LogP contribution in [-0.2, 0) is 16.1 Å². The van der Waals surface area contributed by atoms with Crippen molar-refractivity contribution in [1.29, 1.82) is 0 Å². The van der Waals surface area contributed by atoms with Crippen molar-refractivity contribution in [3.05, 3.63) is 28.0 Å². The normalized spacial score (nSPS) is 22.4. The van der Waals surface area contributed by atoms with E-state index in [9.17, 15) is 9.59 Å². The van der Waals surface area contributed by atoms with Crippen LogP contribution in [0.4, 0.5) is 0 Å². The molecule has 2 amide bonds. The summed E-state index contributed by atoms with van der Waals surface area (Å²) in [7, 11) is 0. The average Bonchev–Trinajstić information content (AvgIpc) is 2.88. The third kappa shape index (κ3) is 2.36. The van der Waals surface area contributed by atoms with E-state index in [2.05, 4.69) is 4.98 Å². The van der Waals surface area contributed by atoms with Gasteiger partial charge < -0.3 is 9.80 Å². The molecule has 5 nitrogen and oxygen atoms in total. The molecule has 0 N–H and O–H groups in total. The Morgan fingerprint density at radius 3 is 2.90 bits per heavy atom. The van der Waals surface area contributed by atoms with Gasteiger partial charge in [0.05, 0.1) is 5.02 Å². The Kier molecular flexibility index (Phi) is 3.56. The molecule has 20 heavy (non-hydrogen) atoms. The summed E-state index contributed by atoms with van der Waals surface area (Å²) in [4.78, 5) is 31.6. The Hall–Kier alpha value is -1.33. The highest BCUT2D eigenvalue weighted by molar-refractivity contribution is 6.34. The maximum absolute atomic E-state index is 12.4. The molecule has 1 aromatic rings. The molecule has 0 spiro atoms. The van der Waals surface area contributed by atoms with Gasteiger partial charge >= 0.3 is 0 Å². The number of hydrogen-bond donors (Lipinski definition) is 0. The smallest absolute Gasteiger partial charge is 0.246 e. The summed E-state index contributed by atoms with van der Waals surface area (Å²) in [5, 5.41) is 0.765. The van der Waals surface area contributed by atoms with Crippen molar-refractivity contribution in [3.63, 3.8) is 0 Å². The Labute approximate surface area is 126 Å². The van der Waals surface area contributed by atoms with Gasteiger partial charge in [-0.25, -0.2) is 4.98 Å². The molecule has 0 aromatic carbocycles. The summed E-state index contributed by atoms with van der Waals surface area (Å²) in [6, 6.07) is 1.24. The predicted molar refractivity (Wildman–Crippen MR) is 74.4 cm³/mol. The van der Waals surface area contributed by atoms with Gasteiger partial charge in [0, 0.05) is 24.8 Å². The molecule has 0 saturated carbocycles. The number of rotatable bonds is 2. The first-order chi connectivity index (χ1) is 9.56. The Morgan fingerprint density at radius 1 is 1.35 bits per heavy atom. The molecule has 2 aliphatic heterocycles. The highest BCUT2D eigenvalue weighted by atomic mass is 35.5. The van der Waals surface area contributed by atoms with Gasteiger partial charge in [-0.2, -0.15) is 0 Å². The molecule has 1 atom stereocenters. The molecule has 2 aliphatic rings. The summed E-state index contributed by atoms with van der Waals surface area (Å²) in [6.07, 6.45) is 3.18. The molecule has 0 bridgehead atoms. The van der Waals surface area contributed by atoms with E-state index in [1.165, 1.54) is 6.07 Å². The molecule has 1 aromatic heterocycles. The molecule has 106 valence electrons. The van der Waals surface area contributed by atoms with Crippen LogP contribution in [0, 0.1) is 0 Å². The zero-order valence-electron chi connectivity index (χ0n) is 10.7. The van der Waals surface area contributed by atoms with Crippen molar-refractivity contribution >= 4 is 35.0 Å². The van der Waals surface area contributed by atoms with E-state index in [1.54, 1.807) is 16.0 Å². The van der Waals surface area contributed by atoms with Crippen LogP contribution < -0.4 is 0 Å². The summed E-state index contributed by atoms with van der Waals surface area (Å²) in [5.74, 6) is -0.00161. The Balaban J connectivity index is 1.80. The lowest BCUT2D eigenvalue weighted by molar-refractivity contribution is -0.154. The van der Waals surface area contributed by atoms with E-state index in [0.29, 0.717) is 22.3 Å². The second-order valence-electron chi connectivity index (χ2n) is 5.04. The third-order valence-corrected chi connectivity index (χ3v) is 4.31. The molecular weight excluding hydrogens is 301 g/mol. The van der Waals surface area contributed by atoms with Crippen molar-refractivity contribution in [2.24, 2.45) is 0 Å². The maximum Gasteiger partial charge on any atom is 0.246 e. The summed E-state index contributed by atoms with van der Waals surface area (Å²) in [5.41, 5.74) is 0.698. The largest absolute Gasteiger partial charge is 0.329 e. The number of aromatic nitrogens is 1. The van der Waals surface area contributed by atoms with E-state index < -0.39 is 0 Å². The van der Waals surface area contributed by atoms with E-state index in [4.69, 9.17) is 23.2 Å². The van der Waals surface area contributed by atoms with Crippen LogP contribution in [0.5, 0.6) is 0 Å². The van der Waals surface area contributed by atoms with E-state index in [-0.39, 0.29) is 30.9 Å². The highest BCUT2D eigenvalue weighted by Crippen LogP contribution is 2.26. The van der Waals surface area contributed by atoms with Gasteiger partial charge in [0.15, 0.2) is 0 Å². The van der Waals surface area contributed by atoms with Gasteiger partial charge in [-0.1, -0.05) is 23.2 Å². The lowest BCUT2D eigenvalue weighted by Gasteiger charge is -2.36. The quantitative estimate of drug-likeness (QED) is 0.781. The van der Waals surface area contributed by atoms with Crippen LogP contribution in [0.1, 0.15) is 18.4 Å². The first-order valence-corrected chi connectivity index (χ1v) is 7.20. The molecular formula is C13H13Cl2N3O2. The summed E-state index contributed by atoms with van der Waals surface area (Å²) >= 11 is 11.8. The van der Waals surface area contributed by atoms with Crippen LogP contribution in [0.3, 0.4) is 0 Å². The van der Waals surface area contributed by atoms with E-state index in [0.717, 1.165) is 12.8 Å². The first-order valence-electron chi connectivity index (χ1n) is 6.44. The summed E-state index contributed by atoms with van der Waals surface area (Å²) < 4.78 is 0. The van der Waals surface area contributed by atoms with E-state index in [1.807, 2.05) is 0 Å². The van der Waals surface area contributed by atoms with E-state index >= 15 is 0 Å². The van der Waals surface area contributed by atoms with Gasteiger partial charge in [-0.05, 0) is 18.9 Å². The number of amides is 2. The fourth-order valence-electron chi connectivity index (χ4n) is 2.76. The molecule has 2 saturated heterocycles. The lowest BCUT2D eigenvalue weighted by Crippen LogP contribution is -2.56. The second-order valence-corrected chi connectivity index (χ2v) is 5.83. The van der Waals surface area contributed by atoms with Crippen molar-refractivity contribution in [2.75, 3.05) is 13.1 Å². The number of pyridine rings is 1. The molecule has 3 rings (SSSR count). The fraction of sp³-hybridized carbons (Fsp3) is 0.462. The van der Waals surface area contributed by atoms with Crippen molar-refractivity contribution in [1.82, 2.24) is 14.8 Å². The number of nitrogens with zero attached hydrogens (tertiary/aromatic N) is 3. The standard InChI is InChI=1S/C13H13Cl2N3O2/c14-9-4-11(15)16-5-8(9)6-17-7-12(19)18-3-1-2-10(18)13(17)20/h4-5,10H,1-3,6-7H2. The van der Waals surface area contributed by atoms with Gasteiger partial charge in [0.1, 0.15) is 17.7 Å². The zero-order valence-corrected chi connectivity index (χ0v) is 12.2. The van der Waals surface area contributed by atoms with Gasteiger partial charge in [-0.15, -0.1) is 0 Å². The number of carbonyl (C=O) groups is 2. The molecule has 1 unspecified atom stereocenters. The molecule has 0 aliphatic carbocycles. The average molecular weight is 314 g/mol. The SMILES string of the molecule is O=C1C2CCCN2C(=O)CN1Cc1cnc(Cl)cc1Cl. The Morgan fingerprint density at radius 2 is 2.15 bits per heavy atom. The topological polar surface area (TPSA) is 53.5 Å². The molecule has 0 radical (unpaired) electrons. The van der Waals surface area contributed by atoms with Crippen LogP contribution >= 0.6 is 23.2 Å². The first kappa shape index (κ1) is 13.6. The third-order valence-electron chi connectivity index (χ3n) is 3.75. The summed E-state index contributed by atoms with van der Waals surface area (Å²) in [6.45, 7) is 1.08. The number of carbonyl (C=O) groups excluding carboxylic acids is 2. The lowest BCUT2D eigenvalue weighted by atomic mass is 10.1. The highest BCUT2D eigenvalue weighted by Gasteiger charge is 2.41. The van der Waals surface area contributed by atoms with Gasteiger partial charge in [-0.3, -0.25) is 9.59 Å². The predicted octanol–water partition coefficient (Wildman–Crippen LogP) is 1.72. The van der Waals surface area contributed by atoms with Crippen molar-refractivity contribution in [3.8, 4) is 0 Å². The number of piperazine rings is 1. The van der Waals surface area contributed by atoms with Crippen molar-refractivity contribution in [2.45, 2.75) is 25.4 Å². The minimum atomic E-state index is -0.296.